The summed E-state index contributed by atoms with van der Waals surface area (Å²) in [7, 11) is 0. The summed E-state index contributed by atoms with van der Waals surface area (Å²) in [5.41, 5.74) is 11.0. The zero-order valence-electron chi connectivity index (χ0n) is 43.8. The normalized spacial score (nSPS) is 19.4. The highest BCUT2D eigenvalue weighted by molar-refractivity contribution is 5.93. The second-order valence-corrected chi connectivity index (χ2v) is 22.6. The molecule has 9 aromatic rings. The standard InChI is InChI=1S/C66H67N7O2/c1-64(2,3)46-32-34-51(35-33-46)73-56(44-30-36-52-54(42-44)69-60(67-52)58-28-18-40-71(58)62(74)65(4,47-20-10-6-11-21-47)48-22-12-7-13-23-48)38-39-57(73)45-31-37-53-55(43-45)70-61(68-53)59-29-19-41-72(59)63(75)66(5,49-24-14-8-15-25-49)50-26-16-9-17-27-50/h6-17,20-27,30-37,42-43,56-59H,18-19,28-29,38-41H2,1-5H3,(H,67,69)(H,68,70)/t56-,57-,58+,59+/m1/s1. The maximum Gasteiger partial charge on any atom is 0.238 e. The Morgan fingerprint density at radius 3 is 1.17 bits per heavy atom. The predicted octanol–water partition coefficient (Wildman–Crippen LogP) is 14.2. The fraction of sp³-hybridized carbons (Fsp3) is 0.303. The zero-order chi connectivity index (χ0) is 51.5. The van der Waals surface area contributed by atoms with Gasteiger partial charge >= 0.3 is 0 Å². The Kier molecular flexibility index (Phi) is 12.3. The highest BCUT2D eigenvalue weighted by Crippen LogP contribution is 2.49. The van der Waals surface area contributed by atoms with Gasteiger partial charge in [-0.2, -0.15) is 0 Å². The van der Waals surface area contributed by atoms with Gasteiger partial charge in [-0.3, -0.25) is 9.59 Å². The quantitative estimate of drug-likeness (QED) is 0.134. The molecular weight excluding hydrogens is 923 g/mol. The van der Waals surface area contributed by atoms with Crippen molar-refractivity contribution in [3.8, 4) is 0 Å². The molecule has 2 aromatic heterocycles. The average molecular weight is 990 g/mol. The summed E-state index contributed by atoms with van der Waals surface area (Å²) < 4.78 is 0. The maximum atomic E-state index is 15.0. The third-order valence-corrected chi connectivity index (χ3v) is 17.2. The first-order valence-electron chi connectivity index (χ1n) is 27.1. The lowest BCUT2D eigenvalue weighted by Crippen LogP contribution is -2.45. The Balaban J connectivity index is 0.850. The van der Waals surface area contributed by atoms with E-state index in [2.05, 4.69) is 168 Å². The molecule has 9 nitrogen and oxygen atoms in total. The van der Waals surface area contributed by atoms with Crippen molar-refractivity contribution in [3.05, 3.63) is 233 Å². The van der Waals surface area contributed by atoms with Gasteiger partial charge in [-0.1, -0.05) is 166 Å². The number of benzene rings is 7. The number of aromatic nitrogens is 4. The number of imidazole rings is 2. The smallest absolute Gasteiger partial charge is 0.238 e. The van der Waals surface area contributed by atoms with Gasteiger partial charge in [-0.05, 0) is 133 Å². The molecule has 3 aliphatic rings. The fourth-order valence-electron chi connectivity index (χ4n) is 12.9. The summed E-state index contributed by atoms with van der Waals surface area (Å²) in [6, 6.07) is 63.3. The Bertz CT molecular complexity index is 3210. The summed E-state index contributed by atoms with van der Waals surface area (Å²) in [5, 5.41) is 0. The molecule has 0 saturated carbocycles. The molecule has 378 valence electrons. The van der Waals surface area contributed by atoms with E-state index in [1.54, 1.807) is 0 Å². The molecule has 0 aliphatic carbocycles. The van der Waals surface area contributed by atoms with Crippen LogP contribution in [-0.2, 0) is 25.8 Å². The predicted molar refractivity (Wildman–Crippen MR) is 301 cm³/mol. The third kappa shape index (κ3) is 8.50. The second-order valence-electron chi connectivity index (χ2n) is 22.6. The van der Waals surface area contributed by atoms with Gasteiger partial charge < -0.3 is 24.7 Å². The first-order chi connectivity index (χ1) is 36.4. The summed E-state index contributed by atoms with van der Waals surface area (Å²) in [6.07, 6.45) is 5.46. The second kappa shape index (κ2) is 19.2. The summed E-state index contributed by atoms with van der Waals surface area (Å²) in [6.45, 7) is 12.3. The highest BCUT2D eigenvalue weighted by Gasteiger charge is 2.46. The first-order valence-corrected chi connectivity index (χ1v) is 27.1. The number of aromatic amines is 2. The third-order valence-electron chi connectivity index (χ3n) is 17.2. The molecule has 3 aliphatic heterocycles. The van der Waals surface area contributed by atoms with Gasteiger partial charge in [-0.15, -0.1) is 0 Å². The minimum atomic E-state index is -0.853. The average Bonchev–Trinajstić information content (AvgIpc) is 4.34. The number of amides is 2. The topological polar surface area (TPSA) is 101 Å². The van der Waals surface area contributed by atoms with Crippen LogP contribution in [0.1, 0.15) is 148 Å². The molecule has 3 fully saturated rings. The molecule has 75 heavy (non-hydrogen) atoms. The molecular formula is C66H67N7O2. The number of nitrogens with zero attached hydrogens (tertiary/aromatic N) is 5. The van der Waals surface area contributed by atoms with Crippen LogP contribution in [0.25, 0.3) is 22.1 Å². The number of hydrogen-bond donors (Lipinski definition) is 2. The SMILES string of the molecule is CC(C)(C)c1ccc(N2[C@@H](c3ccc4nc([C@@H]5CCCN5C(=O)C(C)(c5ccccc5)c5ccccc5)[nH]c4c3)CC[C@@H]2c2ccc3nc([C@@H]4CCCN4C(=O)C(C)(c4ccccc4)c4ccccc4)[nH]c3c2)cc1. The van der Waals surface area contributed by atoms with E-state index < -0.39 is 10.8 Å². The van der Waals surface area contributed by atoms with Crippen LogP contribution in [0.2, 0.25) is 0 Å². The molecule has 12 rings (SSSR count). The van der Waals surface area contributed by atoms with E-state index in [9.17, 15) is 0 Å². The van der Waals surface area contributed by atoms with Crippen LogP contribution in [0, 0.1) is 0 Å². The van der Waals surface area contributed by atoms with Gasteiger partial charge in [0.2, 0.25) is 11.8 Å². The van der Waals surface area contributed by atoms with Crippen molar-refractivity contribution >= 4 is 39.6 Å². The summed E-state index contributed by atoms with van der Waals surface area (Å²) in [5.74, 6) is 1.88. The summed E-state index contributed by atoms with van der Waals surface area (Å²) in [4.78, 5) is 54.8. The number of carbonyl (C=O) groups excluding carboxylic acids is 2. The number of rotatable bonds is 11. The van der Waals surface area contributed by atoms with Gasteiger partial charge in [0, 0.05) is 18.8 Å². The Morgan fingerprint density at radius 2 is 0.813 bits per heavy atom. The largest absolute Gasteiger partial charge is 0.357 e. The number of carbonyl (C=O) groups is 2. The van der Waals surface area contributed by atoms with E-state index in [1.165, 1.54) is 22.4 Å². The number of fused-ring (bicyclic) bond motifs is 2. The molecule has 3 saturated heterocycles. The van der Waals surface area contributed by atoms with Crippen molar-refractivity contribution in [3.63, 3.8) is 0 Å². The minimum Gasteiger partial charge on any atom is -0.357 e. The van der Waals surface area contributed by atoms with E-state index in [1.807, 2.05) is 72.8 Å². The molecule has 4 atom stereocenters. The van der Waals surface area contributed by atoms with Crippen LogP contribution in [0.4, 0.5) is 5.69 Å². The minimum absolute atomic E-state index is 0.0253. The molecule has 2 N–H and O–H groups in total. The van der Waals surface area contributed by atoms with Crippen LogP contribution in [0.3, 0.4) is 0 Å². The monoisotopic (exact) mass is 990 g/mol. The number of nitrogens with one attached hydrogen (secondary N) is 2. The highest BCUT2D eigenvalue weighted by atomic mass is 16.2. The molecule has 5 heterocycles. The van der Waals surface area contributed by atoms with Crippen LogP contribution in [0.5, 0.6) is 0 Å². The van der Waals surface area contributed by atoms with E-state index in [-0.39, 0.29) is 41.4 Å². The number of likely N-dealkylation sites (tertiary alicyclic amines) is 2. The van der Waals surface area contributed by atoms with E-state index in [0.717, 1.165) is 94.5 Å². The van der Waals surface area contributed by atoms with Crippen molar-refractivity contribution in [1.29, 1.82) is 0 Å². The van der Waals surface area contributed by atoms with Crippen LogP contribution in [0.15, 0.2) is 182 Å². The van der Waals surface area contributed by atoms with Gasteiger partial charge in [0.15, 0.2) is 0 Å². The summed E-state index contributed by atoms with van der Waals surface area (Å²) >= 11 is 0. The van der Waals surface area contributed by atoms with Crippen molar-refractivity contribution in [1.82, 2.24) is 29.7 Å². The number of H-pyrrole nitrogens is 2. The molecule has 2 amide bonds. The van der Waals surface area contributed by atoms with Crippen molar-refractivity contribution in [2.75, 3.05) is 18.0 Å². The number of hydrogen-bond acceptors (Lipinski definition) is 5. The van der Waals surface area contributed by atoms with Gasteiger partial charge in [0.25, 0.3) is 0 Å². The Morgan fingerprint density at radius 1 is 0.440 bits per heavy atom. The lowest BCUT2D eigenvalue weighted by Gasteiger charge is -2.36. The van der Waals surface area contributed by atoms with Crippen LogP contribution >= 0.6 is 0 Å². The first kappa shape index (κ1) is 48.2. The lowest BCUT2D eigenvalue weighted by molar-refractivity contribution is -0.137. The Hall–Kier alpha value is -7.78. The molecule has 0 spiro atoms. The van der Waals surface area contributed by atoms with Crippen molar-refractivity contribution < 1.29 is 9.59 Å². The fourth-order valence-corrected chi connectivity index (χ4v) is 12.9. The van der Waals surface area contributed by atoms with Crippen LogP contribution in [-0.4, -0.2) is 54.6 Å². The van der Waals surface area contributed by atoms with Gasteiger partial charge in [0.1, 0.15) is 11.6 Å². The van der Waals surface area contributed by atoms with Gasteiger partial charge in [-0.25, -0.2) is 9.97 Å². The zero-order valence-corrected chi connectivity index (χ0v) is 43.8. The molecule has 0 bridgehead atoms. The van der Waals surface area contributed by atoms with Gasteiger partial charge in [0.05, 0.1) is 57.1 Å². The van der Waals surface area contributed by atoms with E-state index in [4.69, 9.17) is 9.97 Å². The lowest BCUT2D eigenvalue weighted by atomic mass is 9.75. The van der Waals surface area contributed by atoms with E-state index in [0.29, 0.717) is 13.1 Å². The van der Waals surface area contributed by atoms with Crippen molar-refractivity contribution in [2.24, 2.45) is 0 Å². The molecule has 0 unspecified atom stereocenters. The molecule has 7 aromatic carbocycles. The maximum absolute atomic E-state index is 15.0. The van der Waals surface area contributed by atoms with Crippen LogP contribution < -0.4 is 4.90 Å². The number of anilines is 1. The Labute approximate surface area is 441 Å². The van der Waals surface area contributed by atoms with Crippen molar-refractivity contribution in [2.45, 2.75) is 114 Å². The molecule has 9 heteroatoms. The van der Waals surface area contributed by atoms with E-state index >= 15 is 9.59 Å². The molecule has 0 radical (unpaired) electrons.